The molecule has 1 nitrogen and oxygen atoms in total. The third-order valence-electron chi connectivity index (χ3n) is 9.19. The Balaban J connectivity index is 0.00000231. The maximum atomic E-state index is 5.25. The van der Waals surface area contributed by atoms with E-state index in [4.69, 9.17) is 4.98 Å². The molecule has 2 heteroatoms. The Morgan fingerprint density at radius 3 is 2.38 bits per heavy atom. The van der Waals surface area contributed by atoms with Gasteiger partial charge in [-0.3, -0.25) is 4.98 Å². The third-order valence-corrected chi connectivity index (χ3v) is 9.19. The van der Waals surface area contributed by atoms with Gasteiger partial charge in [-0.05, 0) is 76.2 Å². The third kappa shape index (κ3) is 3.22. The van der Waals surface area contributed by atoms with Gasteiger partial charge < -0.3 is 0 Å². The van der Waals surface area contributed by atoms with Crippen LogP contribution in [0.15, 0.2) is 84.9 Å². The summed E-state index contributed by atoms with van der Waals surface area (Å²) in [6.45, 7) is 4.70. The van der Waals surface area contributed by atoms with Gasteiger partial charge in [0.1, 0.15) is 0 Å². The molecule has 1 radical (unpaired) electrons. The van der Waals surface area contributed by atoms with E-state index in [2.05, 4.69) is 105 Å². The monoisotopic (exact) mass is 655 g/mol. The van der Waals surface area contributed by atoms with E-state index in [-0.39, 0.29) is 25.5 Å². The number of benzene rings is 4. The normalized spacial score (nSPS) is 19.8. The minimum absolute atomic E-state index is 0. The van der Waals surface area contributed by atoms with E-state index >= 15 is 0 Å². The van der Waals surface area contributed by atoms with E-state index in [1.54, 1.807) is 5.56 Å². The molecular weight excluding hydrogens is 627 g/mol. The fraction of sp³-hybridized carbons (Fsp3) is 0.229. The van der Waals surface area contributed by atoms with Crippen molar-refractivity contribution in [2.45, 2.75) is 50.4 Å². The molecule has 3 aliphatic carbocycles. The number of hydrogen-bond donors (Lipinski definition) is 0. The van der Waals surface area contributed by atoms with Crippen LogP contribution in [-0.4, -0.2) is 4.98 Å². The van der Waals surface area contributed by atoms with Crippen LogP contribution in [0.25, 0.3) is 44.4 Å². The molecule has 4 aromatic carbocycles. The molecule has 0 aliphatic heterocycles. The zero-order valence-corrected chi connectivity index (χ0v) is 23.5. The van der Waals surface area contributed by atoms with E-state index in [1.165, 1.54) is 63.6 Å². The van der Waals surface area contributed by atoms with Gasteiger partial charge in [0.15, 0.2) is 0 Å². The second-order valence-corrected chi connectivity index (χ2v) is 11.4. The number of para-hydroxylation sites is 1. The smallest absolute Gasteiger partial charge is 0.0598 e. The maximum Gasteiger partial charge on any atom is 0.0598 e. The topological polar surface area (TPSA) is 12.9 Å². The van der Waals surface area contributed by atoms with E-state index in [1.807, 2.05) is 0 Å². The van der Waals surface area contributed by atoms with Crippen molar-refractivity contribution in [2.24, 2.45) is 0 Å². The first kappa shape index (κ1) is 23.1. The van der Waals surface area contributed by atoms with Gasteiger partial charge in [-0.2, -0.15) is 0 Å². The Morgan fingerprint density at radius 1 is 0.757 bits per heavy atom. The first-order chi connectivity index (χ1) is 17.6. The summed E-state index contributed by atoms with van der Waals surface area (Å²) in [5.74, 6) is 1.34. The van der Waals surface area contributed by atoms with E-state index < -0.39 is 0 Å². The molecule has 1 saturated carbocycles. The van der Waals surface area contributed by atoms with Crippen molar-refractivity contribution in [2.75, 3.05) is 0 Å². The zero-order valence-electron chi connectivity index (χ0n) is 21.1. The number of aromatic nitrogens is 1. The molecule has 3 aliphatic rings. The summed E-state index contributed by atoms with van der Waals surface area (Å²) in [4.78, 5) is 5.25. The molecule has 1 aromatic heterocycles. The van der Waals surface area contributed by atoms with E-state index in [9.17, 15) is 0 Å². The molecule has 183 valence electrons. The molecule has 1 heterocycles. The average Bonchev–Trinajstić information content (AvgIpc) is 3.61. The first-order valence-corrected chi connectivity index (χ1v) is 13.3. The predicted octanol–water partition coefficient (Wildman–Crippen LogP) is 9.04. The summed E-state index contributed by atoms with van der Waals surface area (Å²) in [6, 6.07) is 34.8. The molecule has 0 amide bonds. The minimum Gasteiger partial charge on any atom is -0.296 e. The van der Waals surface area contributed by atoms with Crippen LogP contribution < -0.4 is 0 Å². The summed E-state index contributed by atoms with van der Waals surface area (Å²) in [6.07, 6.45) is 3.91. The SMILES string of the molecule is CC1(C)c2ccccc2-c2ccc(-c3cc[c-]c(-c4nc5ccccc5c5c4C4CCC5C4)c3)cc21.[Ir]. The number of hydrogen-bond acceptors (Lipinski definition) is 1. The Morgan fingerprint density at radius 2 is 1.49 bits per heavy atom. The molecular formula is C35H28IrN-. The summed E-state index contributed by atoms with van der Waals surface area (Å²) in [5.41, 5.74) is 14.6. The van der Waals surface area contributed by atoms with Crippen molar-refractivity contribution in [3.8, 4) is 33.5 Å². The summed E-state index contributed by atoms with van der Waals surface area (Å²) in [7, 11) is 0. The van der Waals surface area contributed by atoms with Gasteiger partial charge in [0, 0.05) is 30.9 Å². The second kappa shape index (κ2) is 8.22. The summed E-state index contributed by atoms with van der Waals surface area (Å²) < 4.78 is 0. The molecule has 0 N–H and O–H groups in total. The predicted molar refractivity (Wildman–Crippen MR) is 148 cm³/mol. The second-order valence-electron chi connectivity index (χ2n) is 11.4. The van der Waals surface area contributed by atoms with Crippen molar-refractivity contribution in [1.82, 2.24) is 4.98 Å². The number of rotatable bonds is 2. The van der Waals surface area contributed by atoms with Crippen molar-refractivity contribution in [1.29, 1.82) is 0 Å². The Bertz CT molecular complexity index is 1710. The van der Waals surface area contributed by atoms with Crippen molar-refractivity contribution >= 4 is 10.9 Å². The largest absolute Gasteiger partial charge is 0.296 e. The standard InChI is InChI=1S/C35H28N.Ir/c1-35(2)29-12-5-3-10-26(29)27-17-16-22(20-30(27)35)21-8-7-9-25(18-21)34-33-24-15-14-23(19-24)32(33)28-11-4-6-13-31(28)36-34;/h3-8,10-13,16-18,20,23-24H,14-15,19H2,1-2H3;/q-1;. The van der Waals surface area contributed by atoms with Gasteiger partial charge in [0.25, 0.3) is 0 Å². The first-order valence-electron chi connectivity index (χ1n) is 13.3. The molecule has 2 unspecified atom stereocenters. The molecule has 2 atom stereocenters. The van der Waals surface area contributed by atoms with Gasteiger partial charge in [0.2, 0.25) is 0 Å². The number of pyridine rings is 1. The molecule has 5 aromatic rings. The zero-order chi connectivity index (χ0) is 24.0. The average molecular weight is 655 g/mol. The van der Waals surface area contributed by atoms with Crippen LogP contribution in [-0.2, 0) is 25.5 Å². The van der Waals surface area contributed by atoms with Crippen LogP contribution >= 0.6 is 0 Å². The van der Waals surface area contributed by atoms with Gasteiger partial charge in [0.05, 0.1) is 5.52 Å². The van der Waals surface area contributed by atoms with E-state index in [0.717, 1.165) is 16.8 Å². The molecule has 1 fully saturated rings. The molecule has 2 bridgehead atoms. The van der Waals surface area contributed by atoms with Gasteiger partial charge in [-0.1, -0.05) is 80.1 Å². The number of fused-ring (bicyclic) bond motifs is 10. The fourth-order valence-corrected chi connectivity index (χ4v) is 7.48. The van der Waals surface area contributed by atoms with Crippen molar-refractivity contribution < 1.29 is 20.1 Å². The minimum atomic E-state index is 0. The van der Waals surface area contributed by atoms with Gasteiger partial charge in [-0.15, -0.1) is 35.4 Å². The van der Waals surface area contributed by atoms with Crippen LogP contribution in [0.2, 0.25) is 0 Å². The van der Waals surface area contributed by atoms with Crippen LogP contribution in [0.5, 0.6) is 0 Å². The van der Waals surface area contributed by atoms with Crippen molar-refractivity contribution in [3.63, 3.8) is 0 Å². The molecule has 0 saturated heterocycles. The van der Waals surface area contributed by atoms with Crippen LogP contribution in [0.1, 0.15) is 67.2 Å². The fourth-order valence-electron chi connectivity index (χ4n) is 7.48. The molecule has 37 heavy (non-hydrogen) atoms. The quantitative estimate of drug-likeness (QED) is 0.173. The summed E-state index contributed by atoms with van der Waals surface area (Å²) >= 11 is 0. The van der Waals surface area contributed by atoms with Crippen LogP contribution in [0.4, 0.5) is 0 Å². The van der Waals surface area contributed by atoms with Crippen LogP contribution in [0, 0.1) is 6.07 Å². The van der Waals surface area contributed by atoms with Crippen LogP contribution in [0.3, 0.4) is 0 Å². The van der Waals surface area contributed by atoms with Crippen molar-refractivity contribution in [3.05, 3.63) is 113 Å². The number of nitrogens with zero attached hydrogens (tertiary/aromatic N) is 1. The Labute approximate surface area is 232 Å². The van der Waals surface area contributed by atoms with Gasteiger partial charge >= 0.3 is 0 Å². The Kier molecular flexibility index (Phi) is 5.13. The molecule has 0 spiro atoms. The van der Waals surface area contributed by atoms with Gasteiger partial charge in [-0.25, -0.2) is 0 Å². The maximum absolute atomic E-state index is 5.25. The van der Waals surface area contributed by atoms with E-state index in [0.29, 0.717) is 11.8 Å². The summed E-state index contributed by atoms with van der Waals surface area (Å²) in [5, 5.41) is 1.36. The Hall–Kier alpha value is -3.06. The molecule has 8 rings (SSSR count).